The Labute approximate surface area is 61.9 Å². The van der Waals surface area contributed by atoms with Gasteiger partial charge in [0.25, 0.3) is 0 Å². The van der Waals surface area contributed by atoms with Crippen molar-refractivity contribution in [3.8, 4) is 6.07 Å². The van der Waals surface area contributed by atoms with Crippen molar-refractivity contribution in [3.63, 3.8) is 0 Å². The Bertz CT molecular complexity index is 153. The molecule has 0 saturated carbocycles. The molecule has 1 N–H and O–H groups in total. The van der Waals surface area contributed by atoms with Gasteiger partial charge in [-0.05, 0) is 7.05 Å². The molecule has 0 aromatic carbocycles. The van der Waals surface area contributed by atoms with E-state index in [9.17, 15) is 0 Å². The molecular weight excluding hydrogens is 126 g/mol. The molecular formula is C7H13N3. The lowest BCUT2D eigenvalue weighted by Crippen LogP contribution is -2.12. The first kappa shape index (κ1) is 8.99. The summed E-state index contributed by atoms with van der Waals surface area (Å²) in [6.45, 7) is 0.634. The number of nitrogens with zero attached hydrogens (tertiary/aromatic N) is 2. The second-order valence-corrected chi connectivity index (χ2v) is 2.26. The second kappa shape index (κ2) is 4.83. The molecule has 3 heteroatoms. The Hall–Kier alpha value is -1.01. The summed E-state index contributed by atoms with van der Waals surface area (Å²) in [5, 5.41) is 11.4. The van der Waals surface area contributed by atoms with E-state index in [0.29, 0.717) is 6.54 Å². The lowest BCUT2D eigenvalue weighted by atomic mass is 10.3. The van der Waals surface area contributed by atoms with Gasteiger partial charge in [0.2, 0.25) is 0 Å². The average Bonchev–Trinajstić information content (AvgIpc) is 1.86. The number of nitriles is 1. The molecule has 3 nitrogen and oxygen atoms in total. The van der Waals surface area contributed by atoms with Gasteiger partial charge in [0.15, 0.2) is 0 Å². The van der Waals surface area contributed by atoms with Gasteiger partial charge in [-0.3, -0.25) is 0 Å². The third-order valence-electron chi connectivity index (χ3n) is 0.925. The van der Waals surface area contributed by atoms with E-state index >= 15 is 0 Å². The minimum Gasteiger partial charge on any atom is -0.383 e. The van der Waals surface area contributed by atoms with Gasteiger partial charge in [0, 0.05) is 26.8 Å². The van der Waals surface area contributed by atoms with Crippen molar-refractivity contribution >= 4 is 0 Å². The summed E-state index contributed by atoms with van der Waals surface area (Å²) in [6.07, 6.45) is 1.80. The summed E-state index contributed by atoms with van der Waals surface area (Å²) in [5.74, 6) is 0. The van der Waals surface area contributed by atoms with Crippen LogP contribution in [0.1, 0.15) is 0 Å². The Morgan fingerprint density at radius 3 is 2.60 bits per heavy atom. The number of hydrogen-bond donors (Lipinski definition) is 1. The zero-order valence-electron chi connectivity index (χ0n) is 6.68. The molecule has 0 spiro atoms. The van der Waals surface area contributed by atoms with Crippen molar-refractivity contribution in [2.24, 2.45) is 0 Å². The fourth-order valence-electron chi connectivity index (χ4n) is 0.616. The standard InChI is InChI=1S/C7H13N3/c1-9-5-7(4-8)6-10(2)3/h6,9H,5H2,1-3H3/b7-6+. The molecule has 0 aliphatic heterocycles. The molecule has 0 atom stereocenters. The molecule has 0 bridgehead atoms. The monoisotopic (exact) mass is 139 g/mol. The third-order valence-corrected chi connectivity index (χ3v) is 0.925. The van der Waals surface area contributed by atoms with Crippen molar-refractivity contribution in [3.05, 3.63) is 11.8 Å². The molecule has 0 unspecified atom stereocenters. The molecule has 0 fully saturated rings. The van der Waals surface area contributed by atoms with E-state index in [4.69, 9.17) is 5.26 Å². The van der Waals surface area contributed by atoms with E-state index < -0.39 is 0 Å². The highest BCUT2D eigenvalue weighted by molar-refractivity contribution is 5.21. The average molecular weight is 139 g/mol. The van der Waals surface area contributed by atoms with Crippen LogP contribution in [0.2, 0.25) is 0 Å². The molecule has 0 rings (SSSR count). The molecule has 0 aliphatic rings. The zero-order chi connectivity index (χ0) is 7.98. The summed E-state index contributed by atoms with van der Waals surface area (Å²) >= 11 is 0. The molecule has 0 aromatic rings. The SMILES string of the molecule is CNC/C(C#N)=C/N(C)C. The van der Waals surface area contributed by atoms with Gasteiger partial charge in [0.05, 0.1) is 11.6 Å². The lowest BCUT2D eigenvalue weighted by molar-refractivity contribution is 0.557. The molecule has 0 radical (unpaired) electrons. The summed E-state index contributed by atoms with van der Waals surface area (Å²) < 4.78 is 0. The van der Waals surface area contributed by atoms with Crippen LogP contribution in [-0.2, 0) is 0 Å². The first-order valence-electron chi connectivity index (χ1n) is 3.12. The van der Waals surface area contributed by atoms with Crippen molar-refractivity contribution in [2.75, 3.05) is 27.7 Å². The molecule has 56 valence electrons. The smallest absolute Gasteiger partial charge is 0.0976 e. The van der Waals surface area contributed by atoms with Gasteiger partial charge in [-0.1, -0.05) is 0 Å². The maximum absolute atomic E-state index is 8.52. The molecule has 0 aliphatic carbocycles. The van der Waals surface area contributed by atoms with Crippen molar-refractivity contribution in [1.82, 2.24) is 10.2 Å². The molecule has 0 saturated heterocycles. The van der Waals surface area contributed by atoms with Gasteiger partial charge in [-0.2, -0.15) is 5.26 Å². The van der Waals surface area contributed by atoms with Crippen molar-refractivity contribution < 1.29 is 0 Å². The van der Waals surface area contributed by atoms with E-state index in [1.165, 1.54) is 0 Å². The van der Waals surface area contributed by atoms with Gasteiger partial charge in [-0.25, -0.2) is 0 Å². The number of likely N-dealkylation sites (N-methyl/N-ethyl adjacent to an activating group) is 1. The first-order chi connectivity index (χ1) is 4.70. The predicted octanol–water partition coefficient (Wildman–Crippen LogP) is 0.175. The maximum atomic E-state index is 8.52. The van der Waals surface area contributed by atoms with Crippen LogP contribution >= 0.6 is 0 Å². The highest BCUT2D eigenvalue weighted by Crippen LogP contribution is 1.89. The normalized spacial score (nSPS) is 10.8. The summed E-state index contributed by atoms with van der Waals surface area (Å²) in [4.78, 5) is 1.86. The predicted molar refractivity (Wildman–Crippen MR) is 41.3 cm³/mol. The number of hydrogen-bond acceptors (Lipinski definition) is 3. The van der Waals surface area contributed by atoms with E-state index in [-0.39, 0.29) is 0 Å². The third kappa shape index (κ3) is 3.93. The van der Waals surface area contributed by atoms with Gasteiger partial charge in [-0.15, -0.1) is 0 Å². The number of nitrogens with one attached hydrogen (secondary N) is 1. The molecule has 0 amide bonds. The molecule has 0 heterocycles. The Morgan fingerprint density at radius 1 is 1.70 bits per heavy atom. The fraction of sp³-hybridized carbons (Fsp3) is 0.571. The van der Waals surface area contributed by atoms with Gasteiger partial charge >= 0.3 is 0 Å². The minimum atomic E-state index is 0.634. The van der Waals surface area contributed by atoms with Crippen LogP contribution in [-0.4, -0.2) is 32.6 Å². The first-order valence-corrected chi connectivity index (χ1v) is 3.12. The Morgan fingerprint density at radius 2 is 2.30 bits per heavy atom. The zero-order valence-corrected chi connectivity index (χ0v) is 6.68. The van der Waals surface area contributed by atoms with Crippen LogP contribution in [0.4, 0.5) is 0 Å². The van der Waals surface area contributed by atoms with Crippen molar-refractivity contribution in [2.45, 2.75) is 0 Å². The topological polar surface area (TPSA) is 39.1 Å². The van der Waals surface area contributed by atoms with Gasteiger partial charge < -0.3 is 10.2 Å². The van der Waals surface area contributed by atoms with Crippen LogP contribution < -0.4 is 5.32 Å². The van der Waals surface area contributed by atoms with E-state index in [1.54, 1.807) is 6.20 Å². The van der Waals surface area contributed by atoms with Crippen molar-refractivity contribution in [1.29, 1.82) is 5.26 Å². The van der Waals surface area contributed by atoms with Gasteiger partial charge in [0.1, 0.15) is 0 Å². The lowest BCUT2D eigenvalue weighted by Gasteiger charge is -2.05. The van der Waals surface area contributed by atoms with E-state index in [0.717, 1.165) is 5.57 Å². The Balaban J connectivity index is 3.95. The van der Waals surface area contributed by atoms with Crippen LogP contribution in [0.5, 0.6) is 0 Å². The quantitative estimate of drug-likeness (QED) is 0.567. The minimum absolute atomic E-state index is 0.634. The van der Waals surface area contributed by atoms with Crippen LogP contribution in [0, 0.1) is 11.3 Å². The molecule has 10 heavy (non-hydrogen) atoms. The van der Waals surface area contributed by atoms with E-state index in [2.05, 4.69) is 11.4 Å². The highest BCUT2D eigenvalue weighted by Gasteiger charge is 1.91. The highest BCUT2D eigenvalue weighted by atomic mass is 15.0. The number of rotatable bonds is 3. The summed E-state index contributed by atoms with van der Waals surface area (Å²) in [6, 6.07) is 2.09. The second-order valence-electron chi connectivity index (χ2n) is 2.26. The van der Waals surface area contributed by atoms with Crippen LogP contribution in [0.25, 0.3) is 0 Å². The van der Waals surface area contributed by atoms with E-state index in [1.807, 2.05) is 26.0 Å². The molecule has 0 aromatic heterocycles. The largest absolute Gasteiger partial charge is 0.383 e. The summed E-state index contributed by atoms with van der Waals surface area (Å²) in [5.41, 5.74) is 0.743. The van der Waals surface area contributed by atoms with Crippen LogP contribution in [0.15, 0.2) is 11.8 Å². The fourth-order valence-corrected chi connectivity index (χ4v) is 0.616. The maximum Gasteiger partial charge on any atom is 0.0976 e. The summed E-state index contributed by atoms with van der Waals surface area (Å²) in [7, 11) is 5.61. The Kier molecular flexibility index (Phi) is 4.34. The van der Waals surface area contributed by atoms with Crippen LogP contribution in [0.3, 0.4) is 0 Å².